The van der Waals surface area contributed by atoms with E-state index < -0.39 is 11.1 Å². The smallest absolute Gasteiger partial charge is 0.237 e. The van der Waals surface area contributed by atoms with Gasteiger partial charge < -0.3 is 11.1 Å². The van der Waals surface area contributed by atoms with Gasteiger partial charge in [0.25, 0.3) is 0 Å². The van der Waals surface area contributed by atoms with Crippen LogP contribution in [-0.4, -0.2) is 26.3 Å². The maximum absolute atomic E-state index is 13.0. The predicted molar refractivity (Wildman–Crippen MR) is 71.1 cm³/mol. The maximum atomic E-state index is 13.0. The molecule has 0 fully saturated rings. The molecule has 0 radical (unpaired) electrons. The summed E-state index contributed by atoms with van der Waals surface area (Å²) >= 11 is 1.16. The van der Waals surface area contributed by atoms with Gasteiger partial charge in [-0.1, -0.05) is 17.8 Å². The summed E-state index contributed by atoms with van der Waals surface area (Å²) < 4.78 is 13.0. The molecule has 1 amide bonds. The average Bonchev–Trinajstić information content (AvgIpc) is 2.74. The van der Waals surface area contributed by atoms with Crippen molar-refractivity contribution in [3.8, 4) is 0 Å². The van der Waals surface area contributed by atoms with Gasteiger partial charge in [0.15, 0.2) is 0 Å². The number of anilines is 2. The van der Waals surface area contributed by atoms with Crippen LogP contribution in [0, 0.1) is 5.82 Å². The lowest BCUT2D eigenvalue weighted by Gasteiger charge is -2.09. The van der Waals surface area contributed by atoms with Crippen molar-refractivity contribution in [2.45, 2.75) is 17.3 Å². The van der Waals surface area contributed by atoms with Crippen molar-refractivity contribution in [3.63, 3.8) is 0 Å². The number of carbonyl (C=O) groups excluding carboxylic acids is 1. The Bertz CT molecular complexity index is 588. The van der Waals surface area contributed by atoms with E-state index in [0.29, 0.717) is 10.8 Å². The van der Waals surface area contributed by atoms with Crippen LogP contribution in [0.1, 0.15) is 6.92 Å². The highest BCUT2D eigenvalue weighted by atomic mass is 32.2. The third-order valence-electron chi connectivity index (χ3n) is 2.23. The van der Waals surface area contributed by atoms with Gasteiger partial charge in [-0.2, -0.15) is 4.98 Å². The van der Waals surface area contributed by atoms with E-state index in [4.69, 9.17) is 5.73 Å². The first-order valence-electron chi connectivity index (χ1n) is 5.45. The predicted octanol–water partition coefficient (Wildman–Crippen LogP) is 1.65. The molecule has 0 aliphatic rings. The topological polar surface area (TPSA) is 96.7 Å². The number of nitrogens with zero attached hydrogens (tertiary/aromatic N) is 2. The zero-order valence-electron chi connectivity index (χ0n) is 10.1. The van der Waals surface area contributed by atoms with Gasteiger partial charge in [0.2, 0.25) is 17.0 Å². The number of nitrogens with one attached hydrogen (secondary N) is 2. The molecule has 0 bridgehead atoms. The van der Waals surface area contributed by atoms with E-state index in [2.05, 4.69) is 20.5 Å². The molecule has 0 spiro atoms. The number of nitrogen functional groups attached to an aromatic ring is 1. The van der Waals surface area contributed by atoms with E-state index >= 15 is 0 Å². The summed E-state index contributed by atoms with van der Waals surface area (Å²) in [5.74, 6) is -0.473. The zero-order valence-corrected chi connectivity index (χ0v) is 10.9. The maximum Gasteiger partial charge on any atom is 0.237 e. The van der Waals surface area contributed by atoms with Crippen LogP contribution in [0.5, 0.6) is 0 Å². The van der Waals surface area contributed by atoms with Crippen molar-refractivity contribution in [2.75, 3.05) is 11.1 Å². The van der Waals surface area contributed by atoms with Crippen LogP contribution in [0.15, 0.2) is 29.4 Å². The number of halogens is 1. The van der Waals surface area contributed by atoms with E-state index in [1.54, 1.807) is 13.0 Å². The van der Waals surface area contributed by atoms with Gasteiger partial charge in [-0.3, -0.25) is 4.79 Å². The van der Waals surface area contributed by atoms with E-state index in [1.807, 2.05) is 0 Å². The fourth-order valence-electron chi connectivity index (χ4n) is 1.33. The summed E-state index contributed by atoms with van der Waals surface area (Å²) in [5, 5.41) is 8.87. The van der Waals surface area contributed by atoms with Gasteiger partial charge in [0.1, 0.15) is 5.82 Å². The van der Waals surface area contributed by atoms with Gasteiger partial charge in [-0.15, -0.1) is 5.10 Å². The molecular weight excluding hydrogens is 269 g/mol. The third kappa shape index (κ3) is 3.68. The molecule has 8 heteroatoms. The van der Waals surface area contributed by atoms with Crippen LogP contribution in [0.25, 0.3) is 0 Å². The number of carbonyl (C=O) groups is 1. The summed E-state index contributed by atoms with van der Waals surface area (Å²) in [6, 6.07) is 5.70. The molecule has 1 atom stereocenters. The van der Waals surface area contributed by atoms with Crippen molar-refractivity contribution < 1.29 is 9.18 Å². The lowest BCUT2D eigenvalue weighted by molar-refractivity contribution is -0.115. The Labute approximate surface area is 113 Å². The molecule has 4 N–H and O–H groups in total. The quantitative estimate of drug-likeness (QED) is 0.740. The van der Waals surface area contributed by atoms with Gasteiger partial charge in [-0.05, 0) is 25.1 Å². The van der Waals surface area contributed by atoms with E-state index in [-0.39, 0.29) is 11.9 Å². The normalized spacial score (nSPS) is 12.1. The molecule has 19 heavy (non-hydrogen) atoms. The highest BCUT2D eigenvalue weighted by Gasteiger charge is 2.17. The monoisotopic (exact) mass is 281 g/mol. The van der Waals surface area contributed by atoms with Gasteiger partial charge in [0.05, 0.1) is 5.25 Å². The van der Waals surface area contributed by atoms with Gasteiger partial charge >= 0.3 is 0 Å². The molecule has 0 aliphatic carbocycles. The van der Waals surface area contributed by atoms with Crippen molar-refractivity contribution in [1.29, 1.82) is 0 Å². The van der Waals surface area contributed by atoms with E-state index in [0.717, 1.165) is 11.8 Å². The first kappa shape index (κ1) is 13.3. The minimum atomic E-state index is -0.432. The lowest BCUT2D eigenvalue weighted by atomic mass is 10.3. The molecule has 0 aliphatic heterocycles. The van der Waals surface area contributed by atoms with Crippen LogP contribution < -0.4 is 11.1 Å². The molecule has 2 aromatic rings. The minimum Gasteiger partial charge on any atom is -0.368 e. The number of hydrogen-bond donors (Lipinski definition) is 3. The lowest BCUT2D eigenvalue weighted by Crippen LogP contribution is -2.22. The van der Waals surface area contributed by atoms with Crippen LogP contribution >= 0.6 is 11.8 Å². The molecule has 1 aromatic heterocycles. The molecular formula is C11H12FN5OS. The average molecular weight is 281 g/mol. The number of amides is 1. The first-order chi connectivity index (χ1) is 9.04. The molecule has 1 unspecified atom stereocenters. The molecule has 0 saturated carbocycles. The van der Waals surface area contributed by atoms with E-state index in [9.17, 15) is 9.18 Å². The number of hydrogen-bond acceptors (Lipinski definition) is 5. The minimum absolute atomic E-state index is 0.195. The third-order valence-corrected chi connectivity index (χ3v) is 3.19. The van der Waals surface area contributed by atoms with Crippen molar-refractivity contribution in [1.82, 2.24) is 15.2 Å². The summed E-state index contributed by atoms with van der Waals surface area (Å²) in [4.78, 5) is 15.8. The molecule has 1 aromatic carbocycles. The Balaban J connectivity index is 1.96. The zero-order chi connectivity index (χ0) is 13.8. The number of aromatic amines is 1. The van der Waals surface area contributed by atoms with Crippen molar-refractivity contribution >= 4 is 29.3 Å². The Hall–Kier alpha value is -2.09. The van der Waals surface area contributed by atoms with Crippen molar-refractivity contribution in [2.24, 2.45) is 0 Å². The summed E-state index contributed by atoms with van der Waals surface area (Å²) in [7, 11) is 0. The standard InChI is InChI=1S/C11H12FN5OS/c1-6(19-11-15-10(13)16-17-11)9(18)14-8-4-2-3-7(12)5-8/h2-6H,1H3,(H,14,18)(H3,13,15,16,17). The largest absolute Gasteiger partial charge is 0.368 e. The number of benzene rings is 1. The Morgan fingerprint density at radius 2 is 2.37 bits per heavy atom. The number of rotatable bonds is 4. The van der Waals surface area contributed by atoms with E-state index in [1.165, 1.54) is 18.2 Å². The molecule has 100 valence electrons. The number of thioether (sulfide) groups is 1. The van der Waals surface area contributed by atoms with Gasteiger partial charge in [-0.25, -0.2) is 9.49 Å². The fourth-order valence-corrected chi connectivity index (χ4v) is 2.06. The Morgan fingerprint density at radius 3 is 3.00 bits per heavy atom. The number of nitrogens with two attached hydrogens (primary N) is 1. The van der Waals surface area contributed by atoms with Crippen LogP contribution in [0.3, 0.4) is 0 Å². The molecule has 1 heterocycles. The molecule has 2 rings (SSSR count). The van der Waals surface area contributed by atoms with Gasteiger partial charge in [0, 0.05) is 5.69 Å². The second-order valence-electron chi connectivity index (χ2n) is 3.76. The number of aromatic nitrogens is 3. The summed E-state index contributed by atoms with van der Waals surface area (Å²) in [6.07, 6.45) is 0. The molecule has 6 nitrogen and oxygen atoms in total. The summed E-state index contributed by atoms with van der Waals surface area (Å²) in [6.45, 7) is 1.70. The molecule has 0 saturated heterocycles. The Morgan fingerprint density at radius 1 is 1.58 bits per heavy atom. The highest BCUT2D eigenvalue weighted by Crippen LogP contribution is 2.21. The number of H-pyrrole nitrogens is 1. The second-order valence-corrected chi connectivity index (χ2v) is 5.07. The Kier molecular flexibility index (Phi) is 4.00. The van der Waals surface area contributed by atoms with Crippen LogP contribution in [0.4, 0.5) is 16.0 Å². The summed E-state index contributed by atoms with van der Waals surface area (Å²) in [5.41, 5.74) is 5.80. The second kappa shape index (κ2) is 5.70. The van der Waals surface area contributed by atoms with Crippen LogP contribution in [0.2, 0.25) is 0 Å². The van der Waals surface area contributed by atoms with Crippen LogP contribution in [-0.2, 0) is 4.79 Å². The SMILES string of the molecule is CC(Sc1n[nH]c(N)n1)C(=O)Nc1cccc(F)c1. The highest BCUT2D eigenvalue weighted by molar-refractivity contribution is 8.00. The fraction of sp³-hybridized carbons (Fsp3) is 0.182. The first-order valence-corrected chi connectivity index (χ1v) is 6.33. The van der Waals surface area contributed by atoms with Crippen molar-refractivity contribution in [3.05, 3.63) is 30.1 Å².